The van der Waals surface area contributed by atoms with Crippen LogP contribution in [-0.2, 0) is 0 Å². The minimum Gasteiger partial charge on any atom is -0.396 e. The molecule has 3 N–H and O–H groups in total. The summed E-state index contributed by atoms with van der Waals surface area (Å²) in [5.41, 5.74) is 0.665. The molecular weight excluding hydrogens is 271 g/mol. The molecule has 1 aromatic carbocycles. The number of carbonyl (C=O) groups excluding carboxylic acids is 1. The number of hydrogen-bond donors (Lipinski definition) is 3. The van der Waals surface area contributed by atoms with Gasteiger partial charge in [-0.3, -0.25) is 0 Å². The first-order valence-corrected chi connectivity index (χ1v) is 7.45. The Morgan fingerprint density at radius 1 is 1.43 bits per heavy atom. The summed E-state index contributed by atoms with van der Waals surface area (Å²) >= 11 is 0. The lowest BCUT2D eigenvalue weighted by atomic mass is 10.0. The predicted molar refractivity (Wildman–Crippen MR) is 79.5 cm³/mol. The van der Waals surface area contributed by atoms with E-state index in [4.69, 9.17) is 5.11 Å². The van der Waals surface area contributed by atoms with E-state index >= 15 is 0 Å². The molecule has 1 aliphatic rings. The van der Waals surface area contributed by atoms with E-state index in [1.807, 2.05) is 19.9 Å². The number of halogens is 1. The van der Waals surface area contributed by atoms with Crippen molar-refractivity contribution in [3.8, 4) is 0 Å². The maximum atomic E-state index is 13.7. The highest BCUT2D eigenvalue weighted by Crippen LogP contribution is 2.41. The Labute approximate surface area is 124 Å². The zero-order valence-corrected chi connectivity index (χ0v) is 12.5. The minimum atomic E-state index is -0.244. The molecule has 5 heteroatoms. The Hall–Kier alpha value is -1.62. The number of urea groups is 1. The zero-order valence-electron chi connectivity index (χ0n) is 12.5. The minimum absolute atomic E-state index is 0.0103. The third-order valence-corrected chi connectivity index (χ3v) is 3.97. The van der Waals surface area contributed by atoms with Crippen molar-refractivity contribution in [1.29, 1.82) is 0 Å². The smallest absolute Gasteiger partial charge is 0.315 e. The quantitative estimate of drug-likeness (QED) is 0.754. The molecule has 4 nitrogen and oxygen atoms in total. The van der Waals surface area contributed by atoms with Crippen LogP contribution < -0.4 is 10.6 Å². The van der Waals surface area contributed by atoms with Crippen molar-refractivity contribution in [2.45, 2.75) is 44.7 Å². The molecule has 0 aromatic heterocycles. The molecule has 2 rings (SSSR count). The predicted octanol–water partition coefficient (Wildman–Crippen LogP) is 2.39. The molecule has 3 atom stereocenters. The maximum absolute atomic E-state index is 13.7. The molecule has 3 unspecified atom stereocenters. The lowest BCUT2D eigenvalue weighted by Crippen LogP contribution is -2.45. The largest absolute Gasteiger partial charge is 0.396 e. The number of rotatable bonds is 6. The molecule has 0 bridgehead atoms. The Bertz CT molecular complexity index is 493. The molecule has 0 aliphatic heterocycles. The number of benzene rings is 1. The standard InChI is InChI=1S/C16H23FN2O2/c1-10(2)14(7-8-20)18-16(21)19-15-9-12(15)11-5-3-4-6-13(11)17/h3-6,10,12,14-15,20H,7-9H2,1-2H3,(H2,18,19,21). The Morgan fingerprint density at radius 3 is 2.76 bits per heavy atom. The molecule has 0 saturated heterocycles. The van der Waals surface area contributed by atoms with Crippen molar-refractivity contribution in [2.75, 3.05) is 6.61 Å². The lowest BCUT2D eigenvalue weighted by Gasteiger charge is -2.21. The molecule has 1 saturated carbocycles. The summed E-state index contributed by atoms with van der Waals surface area (Å²) in [7, 11) is 0. The van der Waals surface area contributed by atoms with Gasteiger partial charge in [-0.2, -0.15) is 0 Å². The summed E-state index contributed by atoms with van der Waals surface area (Å²) in [5, 5.41) is 14.7. The van der Waals surface area contributed by atoms with Gasteiger partial charge in [0.1, 0.15) is 5.82 Å². The number of aliphatic hydroxyl groups excluding tert-OH is 1. The van der Waals surface area contributed by atoms with Crippen LogP contribution in [-0.4, -0.2) is 29.8 Å². The monoisotopic (exact) mass is 294 g/mol. The summed E-state index contributed by atoms with van der Waals surface area (Å²) in [4.78, 5) is 11.9. The molecule has 116 valence electrons. The molecule has 0 spiro atoms. The fourth-order valence-corrected chi connectivity index (χ4v) is 2.56. The van der Waals surface area contributed by atoms with Crippen LogP contribution in [0.2, 0.25) is 0 Å². The van der Waals surface area contributed by atoms with E-state index in [1.54, 1.807) is 12.1 Å². The number of hydrogen-bond acceptors (Lipinski definition) is 2. The van der Waals surface area contributed by atoms with Crippen molar-refractivity contribution in [3.63, 3.8) is 0 Å². The number of carbonyl (C=O) groups is 1. The van der Waals surface area contributed by atoms with E-state index in [0.29, 0.717) is 12.0 Å². The van der Waals surface area contributed by atoms with Gasteiger partial charge in [0.15, 0.2) is 0 Å². The lowest BCUT2D eigenvalue weighted by molar-refractivity contribution is 0.218. The highest BCUT2D eigenvalue weighted by atomic mass is 19.1. The van der Waals surface area contributed by atoms with Gasteiger partial charge in [-0.15, -0.1) is 0 Å². The van der Waals surface area contributed by atoms with E-state index in [9.17, 15) is 9.18 Å². The third-order valence-electron chi connectivity index (χ3n) is 3.97. The van der Waals surface area contributed by atoms with Gasteiger partial charge in [-0.25, -0.2) is 9.18 Å². The second-order valence-electron chi connectivity index (χ2n) is 5.95. The van der Waals surface area contributed by atoms with Gasteiger partial charge in [0, 0.05) is 24.6 Å². The van der Waals surface area contributed by atoms with Gasteiger partial charge in [0.2, 0.25) is 0 Å². The topological polar surface area (TPSA) is 61.4 Å². The molecule has 2 amide bonds. The molecular formula is C16H23FN2O2. The van der Waals surface area contributed by atoms with Gasteiger partial charge in [0.05, 0.1) is 0 Å². The zero-order chi connectivity index (χ0) is 15.4. The van der Waals surface area contributed by atoms with Crippen molar-refractivity contribution in [2.24, 2.45) is 5.92 Å². The highest BCUT2D eigenvalue weighted by molar-refractivity contribution is 5.75. The normalized spacial score (nSPS) is 22.0. The van der Waals surface area contributed by atoms with E-state index in [0.717, 1.165) is 6.42 Å². The van der Waals surface area contributed by atoms with Crippen LogP contribution in [0.3, 0.4) is 0 Å². The number of amides is 2. The van der Waals surface area contributed by atoms with Gasteiger partial charge in [0.25, 0.3) is 0 Å². The van der Waals surface area contributed by atoms with Gasteiger partial charge in [-0.05, 0) is 30.4 Å². The Morgan fingerprint density at radius 2 is 2.14 bits per heavy atom. The van der Waals surface area contributed by atoms with Crippen LogP contribution >= 0.6 is 0 Å². The average molecular weight is 294 g/mol. The highest BCUT2D eigenvalue weighted by Gasteiger charge is 2.41. The van der Waals surface area contributed by atoms with Crippen molar-refractivity contribution < 1.29 is 14.3 Å². The van der Waals surface area contributed by atoms with Crippen LogP contribution in [0, 0.1) is 11.7 Å². The molecule has 1 fully saturated rings. The van der Waals surface area contributed by atoms with E-state index < -0.39 is 0 Å². The van der Waals surface area contributed by atoms with Crippen molar-refractivity contribution >= 4 is 6.03 Å². The first kappa shape index (κ1) is 15.8. The Kier molecular flexibility index (Phi) is 5.17. The third kappa shape index (κ3) is 4.17. The number of nitrogens with one attached hydrogen (secondary N) is 2. The molecule has 0 radical (unpaired) electrons. The second kappa shape index (κ2) is 6.89. The van der Waals surface area contributed by atoms with Crippen LogP contribution in [0.5, 0.6) is 0 Å². The first-order chi connectivity index (χ1) is 10.0. The summed E-state index contributed by atoms with van der Waals surface area (Å²) in [5.74, 6) is 0.101. The van der Waals surface area contributed by atoms with Crippen molar-refractivity contribution in [1.82, 2.24) is 10.6 Å². The summed E-state index contributed by atoms with van der Waals surface area (Å²) in [6.07, 6.45) is 1.30. The van der Waals surface area contributed by atoms with Gasteiger partial charge < -0.3 is 15.7 Å². The summed E-state index contributed by atoms with van der Waals surface area (Å²) in [6.45, 7) is 4.05. The maximum Gasteiger partial charge on any atom is 0.315 e. The van der Waals surface area contributed by atoms with E-state index in [1.165, 1.54) is 6.07 Å². The van der Waals surface area contributed by atoms with Crippen LogP contribution in [0.15, 0.2) is 24.3 Å². The first-order valence-electron chi connectivity index (χ1n) is 7.45. The molecule has 21 heavy (non-hydrogen) atoms. The fourth-order valence-electron chi connectivity index (χ4n) is 2.56. The van der Waals surface area contributed by atoms with Gasteiger partial charge >= 0.3 is 6.03 Å². The fraction of sp³-hybridized carbons (Fsp3) is 0.562. The van der Waals surface area contributed by atoms with Crippen LogP contribution in [0.4, 0.5) is 9.18 Å². The van der Waals surface area contributed by atoms with Crippen molar-refractivity contribution in [3.05, 3.63) is 35.6 Å². The van der Waals surface area contributed by atoms with E-state index in [2.05, 4.69) is 10.6 Å². The van der Waals surface area contributed by atoms with Crippen LogP contribution in [0.1, 0.15) is 38.2 Å². The SMILES string of the molecule is CC(C)C(CCO)NC(=O)NC1CC1c1ccccc1F. The van der Waals surface area contributed by atoms with E-state index in [-0.39, 0.29) is 42.4 Å². The second-order valence-corrected chi connectivity index (χ2v) is 5.95. The summed E-state index contributed by atoms with van der Waals surface area (Å²) in [6, 6.07) is 6.38. The molecule has 1 aromatic rings. The van der Waals surface area contributed by atoms with Crippen LogP contribution in [0.25, 0.3) is 0 Å². The molecule has 1 aliphatic carbocycles. The van der Waals surface area contributed by atoms with Gasteiger partial charge in [-0.1, -0.05) is 32.0 Å². The molecule has 0 heterocycles. The summed E-state index contributed by atoms with van der Waals surface area (Å²) < 4.78 is 13.7. The average Bonchev–Trinajstić information content (AvgIpc) is 3.17. The number of aliphatic hydroxyl groups is 1. The Balaban J connectivity index is 1.84.